The SMILES string of the molecule is CCOC(=O)C1C(c2ccccc2)=C1[Si](C)(C)C. The van der Waals surface area contributed by atoms with Gasteiger partial charge in [0.25, 0.3) is 0 Å². The Morgan fingerprint density at radius 3 is 2.33 bits per heavy atom. The first kappa shape index (κ1) is 13.1. The number of esters is 1. The van der Waals surface area contributed by atoms with E-state index in [1.165, 1.54) is 16.3 Å². The second-order valence-corrected chi connectivity index (χ2v) is 10.7. The van der Waals surface area contributed by atoms with Crippen LogP contribution in [0.5, 0.6) is 0 Å². The fourth-order valence-corrected chi connectivity index (χ4v) is 4.61. The van der Waals surface area contributed by atoms with E-state index in [4.69, 9.17) is 4.74 Å². The molecular formula is C15H20O2Si. The van der Waals surface area contributed by atoms with Gasteiger partial charge in [-0.05, 0) is 18.1 Å². The monoisotopic (exact) mass is 260 g/mol. The highest BCUT2D eigenvalue weighted by Gasteiger charge is 2.49. The Morgan fingerprint density at radius 1 is 1.22 bits per heavy atom. The third-order valence-electron chi connectivity index (χ3n) is 3.20. The molecule has 1 aliphatic carbocycles. The maximum Gasteiger partial charge on any atom is 0.317 e. The minimum absolute atomic E-state index is 0.0704. The van der Waals surface area contributed by atoms with Gasteiger partial charge in [-0.3, -0.25) is 4.79 Å². The predicted octanol–water partition coefficient (Wildman–Crippen LogP) is 3.51. The Morgan fingerprint density at radius 2 is 1.83 bits per heavy atom. The van der Waals surface area contributed by atoms with Crippen molar-refractivity contribution in [2.75, 3.05) is 6.61 Å². The summed E-state index contributed by atoms with van der Waals surface area (Å²) in [7, 11) is -1.45. The molecule has 0 saturated carbocycles. The van der Waals surface area contributed by atoms with Crippen molar-refractivity contribution < 1.29 is 9.53 Å². The first-order valence-electron chi connectivity index (χ1n) is 6.43. The van der Waals surface area contributed by atoms with Gasteiger partial charge < -0.3 is 4.74 Å². The van der Waals surface area contributed by atoms with Gasteiger partial charge in [-0.15, -0.1) is 0 Å². The van der Waals surface area contributed by atoms with Crippen LogP contribution in [0.1, 0.15) is 12.5 Å². The molecule has 1 aromatic carbocycles. The summed E-state index contributed by atoms with van der Waals surface area (Å²) in [5.41, 5.74) is 2.39. The van der Waals surface area contributed by atoms with E-state index in [1.54, 1.807) is 0 Å². The molecule has 1 aliphatic rings. The number of carbonyl (C=O) groups excluding carboxylic acids is 1. The second kappa shape index (κ2) is 4.73. The number of hydrogen-bond donors (Lipinski definition) is 0. The zero-order chi connectivity index (χ0) is 13.3. The fourth-order valence-electron chi connectivity index (χ4n) is 2.46. The average Bonchev–Trinajstić information content (AvgIpc) is 3.05. The van der Waals surface area contributed by atoms with Gasteiger partial charge in [0.2, 0.25) is 0 Å². The summed E-state index contributed by atoms with van der Waals surface area (Å²) in [6, 6.07) is 10.2. The van der Waals surface area contributed by atoms with E-state index in [0.717, 1.165) is 0 Å². The smallest absolute Gasteiger partial charge is 0.317 e. The molecule has 3 heteroatoms. The van der Waals surface area contributed by atoms with Crippen molar-refractivity contribution >= 4 is 19.6 Å². The van der Waals surface area contributed by atoms with E-state index in [1.807, 2.05) is 25.1 Å². The quantitative estimate of drug-likeness (QED) is 0.611. The molecule has 2 rings (SSSR count). The second-order valence-electron chi connectivity index (χ2n) is 5.63. The third-order valence-corrected chi connectivity index (χ3v) is 5.37. The summed E-state index contributed by atoms with van der Waals surface area (Å²) >= 11 is 0. The highest BCUT2D eigenvalue weighted by atomic mass is 28.3. The molecule has 0 saturated heterocycles. The minimum atomic E-state index is -1.45. The number of hydrogen-bond acceptors (Lipinski definition) is 2. The summed E-state index contributed by atoms with van der Waals surface area (Å²) in [6.45, 7) is 9.16. The Kier molecular flexibility index (Phi) is 3.44. The topological polar surface area (TPSA) is 26.3 Å². The lowest BCUT2D eigenvalue weighted by Crippen LogP contribution is -2.23. The van der Waals surface area contributed by atoms with Crippen molar-refractivity contribution in [2.45, 2.75) is 26.6 Å². The van der Waals surface area contributed by atoms with Gasteiger partial charge >= 0.3 is 5.97 Å². The van der Waals surface area contributed by atoms with Gasteiger partial charge in [0.05, 0.1) is 14.7 Å². The first-order chi connectivity index (χ1) is 8.46. The Bertz CT molecular complexity index is 483. The number of carbonyl (C=O) groups is 1. The molecule has 2 nitrogen and oxygen atoms in total. The molecule has 0 N–H and O–H groups in total. The van der Waals surface area contributed by atoms with E-state index in [0.29, 0.717) is 6.61 Å². The first-order valence-corrected chi connectivity index (χ1v) is 9.93. The van der Waals surface area contributed by atoms with Gasteiger partial charge in [0.1, 0.15) is 5.92 Å². The molecule has 1 atom stereocenters. The fraction of sp³-hybridized carbons (Fsp3) is 0.400. The van der Waals surface area contributed by atoms with Crippen LogP contribution in [0.3, 0.4) is 0 Å². The zero-order valence-corrected chi connectivity index (χ0v) is 12.5. The van der Waals surface area contributed by atoms with E-state index >= 15 is 0 Å². The van der Waals surface area contributed by atoms with Crippen LogP contribution in [-0.4, -0.2) is 20.7 Å². The third kappa shape index (κ3) is 2.41. The van der Waals surface area contributed by atoms with Crippen LogP contribution in [0.4, 0.5) is 0 Å². The number of benzene rings is 1. The molecular weight excluding hydrogens is 240 g/mol. The van der Waals surface area contributed by atoms with Gasteiger partial charge in [0, 0.05) is 0 Å². The van der Waals surface area contributed by atoms with Crippen molar-refractivity contribution in [3.05, 3.63) is 41.1 Å². The lowest BCUT2D eigenvalue weighted by Gasteiger charge is -2.12. The van der Waals surface area contributed by atoms with Crippen molar-refractivity contribution in [2.24, 2.45) is 5.92 Å². The van der Waals surface area contributed by atoms with Gasteiger partial charge in [-0.1, -0.05) is 55.2 Å². The van der Waals surface area contributed by atoms with Crippen LogP contribution in [0.2, 0.25) is 19.6 Å². The van der Waals surface area contributed by atoms with Gasteiger partial charge in [-0.2, -0.15) is 0 Å². The standard InChI is InChI=1S/C15H20O2Si/c1-5-17-15(16)13-12(14(13)18(2,3)4)11-9-7-6-8-10-11/h6-10,13H,5H2,1-4H3. The summed E-state index contributed by atoms with van der Waals surface area (Å²) in [5.74, 6) is -0.146. The Hall–Kier alpha value is -1.35. The summed E-state index contributed by atoms with van der Waals surface area (Å²) in [5, 5.41) is 1.35. The Labute approximate surface area is 110 Å². The molecule has 0 fully saturated rings. The van der Waals surface area contributed by atoms with Crippen LogP contribution in [-0.2, 0) is 9.53 Å². The largest absolute Gasteiger partial charge is 0.465 e. The normalized spacial score (nSPS) is 18.8. The molecule has 0 aliphatic heterocycles. The van der Waals surface area contributed by atoms with Gasteiger partial charge in [-0.25, -0.2) is 0 Å². The van der Waals surface area contributed by atoms with Crippen LogP contribution in [0.25, 0.3) is 5.57 Å². The number of rotatable bonds is 4. The molecule has 0 aromatic heterocycles. The van der Waals surface area contributed by atoms with Crippen LogP contribution in [0, 0.1) is 5.92 Å². The molecule has 0 amide bonds. The van der Waals surface area contributed by atoms with Gasteiger partial charge in [0.15, 0.2) is 0 Å². The summed E-state index contributed by atoms with van der Waals surface area (Å²) in [6.07, 6.45) is 0. The van der Waals surface area contributed by atoms with E-state index in [-0.39, 0.29) is 11.9 Å². The van der Waals surface area contributed by atoms with Crippen molar-refractivity contribution in [1.29, 1.82) is 0 Å². The van der Waals surface area contributed by atoms with E-state index in [9.17, 15) is 4.79 Å². The number of ether oxygens (including phenoxy) is 1. The van der Waals surface area contributed by atoms with Crippen molar-refractivity contribution in [3.8, 4) is 0 Å². The lowest BCUT2D eigenvalue weighted by atomic mass is 10.1. The maximum absolute atomic E-state index is 12.0. The molecule has 0 spiro atoms. The molecule has 1 unspecified atom stereocenters. The molecule has 0 radical (unpaired) electrons. The highest BCUT2D eigenvalue weighted by molar-refractivity contribution is 6.86. The van der Waals surface area contributed by atoms with Crippen LogP contribution in [0.15, 0.2) is 35.5 Å². The molecule has 96 valence electrons. The maximum atomic E-state index is 12.0. The predicted molar refractivity (Wildman–Crippen MR) is 76.8 cm³/mol. The zero-order valence-electron chi connectivity index (χ0n) is 11.5. The molecule has 0 bridgehead atoms. The summed E-state index contributed by atoms with van der Waals surface area (Å²) < 4.78 is 5.18. The average molecular weight is 260 g/mol. The van der Waals surface area contributed by atoms with Crippen LogP contribution < -0.4 is 0 Å². The highest BCUT2D eigenvalue weighted by Crippen LogP contribution is 2.52. The summed E-state index contributed by atoms with van der Waals surface area (Å²) in [4.78, 5) is 12.0. The molecule has 1 aromatic rings. The van der Waals surface area contributed by atoms with Crippen LogP contribution >= 0.6 is 0 Å². The van der Waals surface area contributed by atoms with Crippen molar-refractivity contribution in [3.63, 3.8) is 0 Å². The van der Waals surface area contributed by atoms with E-state index < -0.39 is 8.07 Å². The molecule has 18 heavy (non-hydrogen) atoms. The van der Waals surface area contributed by atoms with Crippen molar-refractivity contribution in [1.82, 2.24) is 0 Å². The lowest BCUT2D eigenvalue weighted by molar-refractivity contribution is -0.143. The Balaban J connectivity index is 2.30. The van der Waals surface area contributed by atoms with E-state index in [2.05, 4.69) is 31.8 Å². The minimum Gasteiger partial charge on any atom is -0.465 e. The molecule has 0 heterocycles.